The second kappa shape index (κ2) is 6.37. The van der Waals surface area contributed by atoms with E-state index < -0.39 is 0 Å². The fraction of sp³-hybridized carbons (Fsp3) is 0.0476. The monoisotopic (exact) mass is 342 g/mol. The molecular formula is C21H18N4O. The smallest absolute Gasteiger partial charge is 0.256 e. The first-order chi connectivity index (χ1) is 12.6. The lowest BCUT2D eigenvalue weighted by Crippen LogP contribution is -2.12. The summed E-state index contributed by atoms with van der Waals surface area (Å²) < 4.78 is 2.07. The Balaban J connectivity index is 1.75. The van der Waals surface area contributed by atoms with E-state index >= 15 is 0 Å². The zero-order chi connectivity index (χ0) is 18.1. The van der Waals surface area contributed by atoms with Gasteiger partial charge in [0.2, 0.25) is 0 Å². The molecule has 1 amide bonds. The minimum absolute atomic E-state index is 0.179. The van der Waals surface area contributed by atoms with Gasteiger partial charge in [0.25, 0.3) is 5.91 Å². The first kappa shape index (κ1) is 15.9. The molecule has 0 radical (unpaired) electrons. The van der Waals surface area contributed by atoms with Gasteiger partial charge in [-0.3, -0.25) is 4.79 Å². The molecule has 2 aromatic carbocycles. The Morgan fingerprint density at radius 2 is 1.88 bits per heavy atom. The van der Waals surface area contributed by atoms with E-state index in [1.807, 2.05) is 61.7 Å². The van der Waals surface area contributed by atoms with Crippen molar-refractivity contribution in [1.29, 1.82) is 0 Å². The van der Waals surface area contributed by atoms with Crippen LogP contribution in [0.15, 0.2) is 73.1 Å². The van der Waals surface area contributed by atoms with Crippen LogP contribution in [-0.4, -0.2) is 15.5 Å². The lowest BCUT2D eigenvalue weighted by Gasteiger charge is -2.11. The lowest BCUT2D eigenvalue weighted by molar-refractivity contribution is 0.102. The summed E-state index contributed by atoms with van der Waals surface area (Å²) in [5, 5.41) is 3.79. The number of hydrogen-bond donors (Lipinski definition) is 2. The summed E-state index contributed by atoms with van der Waals surface area (Å²) >= 11 is 0. The summed E-state index contributed by atoms with van der Waals surface area (Å²) in [5.41, 5.74) is 10.3. The summed E-state index contributed by atoms with van der Waals surface area (Å²) in [7, 11) is 0. The van der Waals surface area contributed by atoms with E-state index in [9.17, 15) is 4.79 Å². The Morgan fingerprint density at radius 1 is 1.08 bits per heavy atom. The van der Waals surface area contributed by atoms with Gasteiger partial charge in [0, 0.05) is 34.7 Å². The number of amides is 1. The van der Waals surface area contributed by atoms with Crippen LogP contribution in [0.4, 0.5) is 11.5 Å². The number of aromatic nitrogens is 2. The van der Waals surface area contributed by atoms with Crippen LogP contribution in [0, 0.1) is 6.92 Å². The summed E-state index contributed by atoms with van der Waals surface area (Å²) in [4.78, 5) is 16.8. The number of benzene rings is 2. The van der Waals surface area contributed by atoms with Crippen LogP contribution in [0.25, 0.3) is 16.6 Å². The van der Waals surface area contributed by atoms with Crippen molar-refractivity contribution in [2.45, 2.75) is 6.92 Å². The number of nitrogens with zero attached hydrogens (tertiary/aromatic N) is 2. The molecular weight excluding hydrogens is 324 g/mol. The van der Waals surface area contributed by atoms with Crippen LogP contribution in [-0.2, 0) is 0 Å². The SMILES string of the molecule is Cc1cc(N)ccc1-n1ccc2c(NC(=O)c3ccccc3)nccc21. The number of carbonyl (C=O) groups excluding carboxylic acids is 1. The fourth-order valence-electron chi connectivity index (χ4n) is 3.09. The molecule has 5 nitrogen and oxygen atoms in total. The van der Waals surface area contributed by atoms with Gasteiger partial charge in [-0.05, 0) is 55.0 Å². The normalized spacial score (nSPS) is 10.8. The second-order valence-electron chi connectivity index (χ2n) is 6.14. The summed E-state index contributed by atoms with van der Waals surface area (Å²) in [6, 6.07) is 18.8. The molecule has 4 rings (SSSR count). The van der Waals surface area contributed by atoms with Gasteiger partial charge >= 0.3 is 0 Å². The number of hydrogen-bond acceptors (Lipinski definition) is 3. The van der Waals surface area contributed by atoms with Crippen LogP contribution < -0.4 is 11.1 Å². The highest BCUT2D eigenvalue weighted by atomic mass is 16.1. The van der Waals surface area contributed by atoms with Crippen molar-refractivity contribution in [2.75, 3.05) is 11.1 Å². The quantitative estimate of drug-likeness (QED) is 0.549. The summed E-state index contributed by atoms with van der Waals surface area (Å²) in [5.74, 6) is 0.366. The van der Waals surface area contributed by atoms with E-state index in [0.717, 1.165) is 27.8 Å². The molecule has 0 fully saturated rings. The second-order valence-corrected chi connectivity index (χ2v) is 6.14. The van der Waals surface area contributed by atoms with Crippen molar-refractivity contribution in [3.8, 4) is 5.69 Å². The maximum atomic E-state index is 12.5. The van der Waals surface area contributed by atoms with Gasteiger partial charge in [-0.15, -0.1) is 0 Å². The van der Waals surface area contributed by atoms with Crippen LogP contribution >= 0.6 is 0 Å². The predicted octanol–water partition coefficient (Wildman–Crippen LogP) is 4.17. The molecule has 0 aliphatic rings. The maximum absolute atomic E-state index is 12.5. The molecule has 0 spiro atoms. The Labute approximate surface area is 151 Å². The average molecular weight is 342 g/mol. The van der Waals surface area contributed by atoms with Gasteiger partial charge in [0.1, 0.15) is 5.82 Å². The molecule has 0 saturated carbocycles. The average Bonchev–Trinajstić information content (AvgIpc) is 3.07. The van der Waals surface area contributed by atoms with Gasteiger partial charge in [0.15, 0.2) is 0 Å². The predicted molar refractivity (Wildman–Crippen MR) is 105 cm³/mol. The first-order valence-corrected chi connectivity index (χ1v) is 8.32. The lowest BCUT2D eigenvalue weighted by atomic mass is 10.1. The number of anilines is 2. The number of nitrogens with two attached hydrogens (primary N) is 1. The van der Waals surface area contributed by atoms with Crippen molar-refractivity contribution in [1.82, 2.24) is 9.55 Å². The molecule has 0 unspecified atom stereocenters. The Morgan fingerprint density at radius 3 is 2.65 bits per heavy atom. The number of aryl methyl sites for hydroxylation is 1. The number of nitrogen functional groups attached to an aromatic ring is 1. The van der Waals surface area contributed by atoms with Crippen molar-refractivity contribution in [3.05, 3.63) is 84.2 Å². The van der Waals surface area contributed by atoms with Gasteiger partial charge in [0.05, 0.1) is 5.52 Å². The number of pyridine rings is 1. The van der Waals surface area contributed by atoms with E-state index in [1.54, 1.807) is 18.3 Å². The number of rotatable bonds is 3. The molecule has 0 bridgehead atoms. The topological polar surface area (TPSA) is 72.9 Å². The van der Waals surface area contributed by atoms with E-state index in [4.69, 9.17) is 5.73 Å². The molecule has 5 heteroatoms. The highest BCUT2D eigenvalue weighted by molar-refractivity contribution is 6.07. The van der Waals surface area contributed by atoms with Gasteiger partial charge in [-0.25, -0.2) is 4.98 Å². The van der Waals surface area contributed by atoms with Crippen molar-refractivity contribution in [3.63, 3.8) is 0 Å². The third-order valence-corrected chi connectivity index (χ3v) is 4.37. The number of nitrogens with one attached hydrogen (secondary N) is 1. The molecule has 128 valence electrons. The van der Waals surface area contributed by atoms with Crippen LogP contribution in [0.5, 0.6) is 0 Å². The third-order valence-electron chi connectivity index (χ3n) is 4.37. The van der Waals surface area contributed by atoms with Crippen molar-refractivity contribution >= 4 is 28.3 Å². The Bertz CT molecular complexity index is 1100. The first-order valence-electron chi connectivity index (χ1n) is 8.32. The zero-order valence-corrected chi connectivity index (χ0v) is 14.3. The molecule has 2 aromatic heterocycles. The number of fused-ring (bicyclic) bond motifs is 1. The molecule has 0 aliphatic carbocycles. The van der Waals surface area contributed by atoms with Crippen LogP contribution in [0.2, 0.25) is 0 Å². The van der Waals surface area contributed by atoms with Gasteiger partial charge in [-0.1, -0.05) is 18.2 Å². The third kappa shape index (κ3) is 2.80. The molecule has 0 aliphatic heterocycles. The molecule has 2 heterocycles. The van der Waals surface area contributed by atoms with Crippen LogP contribution in [0.3, 0.4) is 0 Å². The van der Waals surface area contributed by atoms with E-state index in [2.05, 4.69) is 14.9 Å². The minimum atomic E-state index is -0.179. The minimum Gasteiger partial charge on any atom is -0.399 e. The van der Waals surface area contributed by atoms with E-state index in [-0.39, 0.29) is 5.91 Å². The van der Waals surface area contributed by atoms with E-state index in [0.29, 0.717) is 11.4 Å². The van der Waals surface area contributed by atoms with Crippen LogP contribution in [0.1, 0.15) is 15.9 Å². The molecule has 0 atom stereocenters. The maximum Gasteiger partial charge on any atom is 0.256 e. The highest BCUT2D eigenvalue weighted by Crippen LogP contribution is 2.27. The largest absolute Gasteiger partial charge is 0.399 e. The summed E-state index contributed by atoms with van der Waals surface area (Å²) in [6.45, 7) is 2.02. The molecule has 26 heavy (non-hydrogen) atoms. The standard InChI is InChI=1S/C21H18N4O/c1-14-13-16(22)7-8-18(14)25-12-10-17-19(25)9-11-23-20(17)24-21(26)15-5-3-2-4-6-15/h2-13H,22H2,1H3,(H,23,24,26). The van der Waals surface area contributed by atoms with Gasteiger partial charge < -0.3 is 15.6 Å². The summed E-state index contributed by atoms with van der Waals surface area (Å²) in [6.07, 6.45) is 3.68. The Kier molecular flexibility index (Phi) is 3.89. The Hall–Kier alpha value is -3.60. The van der Waals surface area contributed by atoms with Gasteiger partial charge in [-0.2, -0.15) is 0 Å². The molecule has 3 N–H and O–H groups in total. The highest BCUT2D eigenvalue weighted by Gasteiger charge is 2.12. The fourth-order valence-corrected chi connectivity index (χ4v) is 3.09. The van der Waals surface area contributed by atoms with Crippen molar-refractivity contribution in [2.24, 2.45) is 0 Å². The number of carbonyl (C=O) groups is 1. The van der Waals surface area contributed by atoms with Crippen molar-refractivity contribution < 1.29 is 4.79 Å². The molecule has 0 saturated heterocycles. The van der Waals surface area contributed by atoms with E-state index in [1.165, 1.54) is 0 Å². The molecule has 4 aromatic rings. The zero-order valence-electron chi connectivity index (χ0n) is 14.3.